The van der Waals surface area contributed by atoms with Crippen LogP contribution >= 0.6 is 0 Å². The minimum absolute atomic E-state index is 0.0124. The van der Waals surface area contributed by atoms with Crippen LogP contribution in [-0.4, -0.2) is 19.5 Å². The maximum atomic E-state index is 9.09. The molecule has 0 aliphatic rings. The number of nitrogens with zero attached hydrogens (tertiary/aromatic N) is 4. The van der Waals surface area contributed by atoms with Gasteiger partial charge in [-0.2, -0.15) is 0 Å². The standard InChI is InChI=1S/C45H28N4O/c1-3-12-29(13-4-1)31-22-24-40-37(27-31)35-18-7-9-20-39(35)49(40)34-17-11-16-32(26-34)44-46-43(30-14-5-2-6-15-30)47-45(48-44)33-23-25-42-38(28-33)36-19-8-10-21-41(36)50-42/h1-28H/i1D,3D,4D,7D,9D,12D,13D,18D,20D. The van der Waals surface area contributed by atoms with E-state index < -0.39 is 30.2 Å². The highest BCUT2D eigenvalue weighted by Crippen LogP contribution is 2.37. The van der Waals surface area contributed by atoms with Crippen LogP contribution in [0.3, 0.4) is 0 Å². The molecule has 0 bridgehead atoms. The first-order chi connectivity index (χ1) is 28.5. The largest absolute Gasteiger partial charge is 0.456 e. The second-order valence-corrected chi connectivity index (χ2v) is 11.8. The molecular formula is C45H28N4O. The van der Waals surface area contributed by atoms with Crippen LogP contribution in [0, 0.1) is 0 Å². The molecule has 5 nitrogen and oxygen atoms in total. The van der Waals surface area contributed by atoms with Gasteiger partial charge >= 0.3 is 0 Å². The van der Waals surface area contributed by atoms with E-state index in [-0.39, 0.29) is 40.6 Å². The molecule has 0 saturated heterocycles. The SMILES string of the molecule is [2H]c1c([2H])c([2H])c(-c2ccc3c(c2)c2c([2H])c([2H])c([2H])c([2H])c2n3-c2cccc(-c3nc(-c4ccccc4)nc(-c4ccc5oc6ccccc6c5c4)n3)c2)c([2H])c1[2H]. The monoisotopic (exact) mass is 649 g/mol. The van der Waals surface area contributed by atoms with E-state index in [4.69, 9.17) is 31.7 Å². The fraction of sp³-hybridized carbons (Fsp3) is 0. The molecule has 0 aliphatic heterocycles. The van der Waals surface area contributed by atoms with Gasteiger partial charge in [0.1, 0.15) is 11.2 Å². The number of para-hydroxylation sites is 2. The summed E-state index contributed by atoms with van der Waals surface area (Å²) in [6, 6.07) is 32.0. The molecule has 0 spiro atoms. The van der Waals surface area contributed by atoms with E-state index in [0.717, 1.165) is 33.1 Å². The van der Waals surface area contributed by atoms with E-state index in [1.165, 1.54) is 0 Å². The number of hydrogen-bond acceptors (Lipinski definition) is 4. The molecule has 234 valence electrons. The summed E-state index contributed by atoms with van der Waals surface area (Å²) >= 11 is 0. The number of rotatable bonds is 5. The Balaban J connectivity index is 1.19. The van der Waals surface area contributed by atoms with Crippen LogP contribution in [0.15, 0.2) is 174 Å². The zero-order valence-electron chi connectivity index (χ0n) is 35.2. The van der Waals surface area contributed by atoms with Gasteiger partial charge in [-0.05, 0) is 65.7 Å². The van der Waals surface area contributed by atoms with Crippen LogP contribution in [-0.2, 0) is 0 Å². The fourth-order valence-electron chi connectivity index (χ4n) is 6.54. The Morgan fingerprint density at radius 3 is 1.94 bits per heavy atom. The van der Waals surface area contributed by atoms with E-state index in [0.29, 0.717) is 45.2 Å². The molecule has 10 aromatic rings. The van der Waals surface area contributed by atoms with Crippen LogP contribution in [0.4, 0.5) is 0 Å². The van der Waals surface area contributed by atoms with E-state index >= 15 is 0 Å². The molecule has 0 saturated carbocycles. The Labute approximate surface area is 300 Å². The van der Waals surface area contributed by atoms with Crippen LogP contribution in [0.1, 0.15) is 12.3 Å². The van der Waals surface area contributed by atoms with Crippen molar-refractivity contribution in [2.24, 2.45) is 0 Å². The second-order valence-electron chi connectivity index (χ2n) is 11.8. The van der Waals surface area contributed by atoms with E-state index in [1.807, 2.05) is 97.1 Å². The molecule has 0 unspecified atom stereocenters. The first kappa shape index (κ1) is 20.5. The summed E-state index contributed by atoms with van der Waals surface area (Å²) < 4.78 is 84.9. The minimum atomic E-state index is -0.510. The molecule has 0 radical (unpaired) electrons. The molecular weight excluding hydrogens is 613 g/mol. The summed E-state index contributed by atoms with van der Waals surface area (Å²) in [5, 5.41) is 2.53. The topological polar surface area (TPSA) is 56.7 Å². The fourth-order valence-corrected chi connectivity index (χ4v) is 6.54. The zero-order chi connectivity index (χ0) is 40.9. The molecule has 0 N–H and O–H groups in total. The Hall–Kier alpha value is -6.85. The molecule has 7 aromatic carbocycles. The summed E-state index contributed by atoms with van der Waals surface area (Å²) in [5.41, 5.74) is 5.26. The summed E-state index contributed by atoms with van der Waals surface area (Å²) in [5.74, 6) is 1.27. The Morgan fingerprint density at radius 2 is 1.08 bits per heavy atom. The van der Waals surface area contributed by atoms with E-state index in [2.05, 4.69) is 0 Å². The van der Waals surface area contributed by atoms with Gasteiger partial charge in [-0.3, -0.25) is 0 Å². The second kappa shape index (κ2) is 11.4. The summed E-state index contributed by atoms with van der Waals surface area (Å²) in [6.45, 7) is 0. The molecule has 5 heteroatoms. The lowest BCUT2D eigenvalue weighted by atomic mass is 10.0. The van der Waals surface area contributed by atoms with Gasteiger partial charge < -0.3 is 8.98 Å². The van der Waals surface area contributed by atoms with Crippen LogP contribution < -0.4 is 0 Å². The molecule has 0 fully saturated rings. The van der Waals surface area contributed by atoms with Crippen molar-refractivity contribution in [2.75, 3.05) is 0 Å². The van der Waals surface area contributed by atoms with E-state index in [1.54, 1.807) is 22.8 Å². The highest BCUT2D eigenvalue weighted by molar-refractivity contribution is 6.10. The maximum Gasteiger partial charge on any atom is 0.164 e. The van der Waals surface area contributed by atoms with Crippen LogP contribution in [0.5, 0.6) is 0 Å². The molecule has 0 amide bonds. The Bertz CT molecular complexity index is 3370. The smallest absolute Gasteiger partial charge is 0.164 e. The van der Waals surface area contributed by atoms with Crippen molar-refractivity contribution in [2.45, 2.75) is 0 Å². The highest BCUT2D eigenvalue weighted by Gasteiger charge is 2.17. The number of furan rings is 1. The van der Waals surface area contributed by atoms with Gasteiger partial charge in [0.2, 0.25) is 0 Å². The predicted octanol–water partition coefficient (Wildman–Crippen LogP) is 11.5. The van der Waals surface area contributed by atoms with Crippen molar-refractivity contribution in [1.82, 2.24) is 19.5 Å². The lowest BCUT2D eigenvalue weighted by molar-refractivity contribution is 0.669. The summed E-state index contributed by atoms with van der Waals surface area (Å²) in [7, 11) is 0. The zero-order valence-corrected chi connectivity index (χ0v) is 26.2. The quantitative estimate of drug-likeness (QED) is 0.186. The Kier molecular flexibility index (Phi) is 4.67. The van der Waals surface area contributed by atoms with Crippen molar-refractivity contribution >= 4 is 43.7 Å². The molecule has 50 heavy (non-hydrogen) atoms. The van der Waals surface area contributed by atoms with Gasteiger partial charge in [0, 0.05) is 43.9 Å². The average molecular weight is 650 g/mol. The normalized spacial score (nSPS) is 14.1. The lowest BCUT2D eigenvalue weighted by Crippen LogP contribution is -2.01. The van der Waals surface area contributed by atoms with Gasteiger partial charge in [-0.25, -0.2) is 15.0 Å². The summed E-state index contributed by atoms with van der Waals surface area (Å²) in [4.78, 5) is 14.9. The van der Waals surface area contributed by atoms with Crippen molar-refractivity contribution in [3.8, 4) is 51.0 Å². The third-order valence-corrected chi connectivity index (χ3v) is 8.85. The molecule has 10 rings (SSSR count). The first-order valence-electron chi connectivity index (χ1n) is 20.5. The van der Waals surface area contributed by atoms with Gasteiger partial charge in [-0.15, -0.1) is 0 Å². The molecule has 0 atom stereocenters. The van der Waals surface area contributed by atoms with Gasteiger partial charge in [0.05, 0.1) is 23.4 Å². The van der Waals surface area contributed by atoms with E-state index in [9.17, 15) is 0 Å². The number of aromatic nitrogens is 4. The van der Waals surface area contributed by atoms with Crippen molar-refractivity contribution in [1.29, 1.82) is 0 Å². The molecule has 3 heterocycles. The lowest BCUT2D eigenvalue weighted by Gasteiger charge is -2.12. The number of benzene rings is 7. The van der Waals surface area contributed by atoms with Crippen molar-refractivity contribution < 1.29 is 16.8 Å². The van der Waals surface area contributed by atoms with Gasteiger partial charge in [-0.1, -0.05) is 115 Å². The van der Waals surface area contributed by atoms with Crippen molar-refractivity contribution in [3.63, 3.8) is 0 Å². The van der Waals surface area contributed by atoms with Gasteiger partial charge in [0.25, 0.3) is 0 Å². The first-order valence-corrected chi connectivity index (χ1v) is 16.0. The highest BCUT2D eigenvalue weighted by atomic mass is 16.3. The molecule has 0 aliphatic carbocycles. The molecule has 3 aromatic heterocycles. The van der Waals surface area contributed by atoms with Crippen LogP contribution in [0.2, 0.25) is 0 Å². The predicted molar refractivity (Wildman–Crippen MR) is 203 cm³/mol. The van der Waals surface area contributed by atoms with Crippen LogP contribution in [0.25, 0.3) is 94.7 Å². The third-order valence-electron chi connectivity index (χ3n) is 8.85. The average Bonchev–Trinajstić information content (AvgIpc) is 3.82. The number of hydrogen-bond donors (Lipinski definition) is 0. The Morgan fingerprint density at radius 1 is 0.420 bits per heavy atom. The van der Waals surface area contributed by atoms with Crippen molar-refractivity contribution in [3.05, 3.63) is 170 Å². The summed E-state index contributed by atoms with van der Waals surface area (Å²) in [6.07, 6.45) is 0. The number of fused-ring (bicyclic) bond motifs is 6. The third kappa shape index (κ3) is 4.67. The minimum Gasteiger partial charge on any atom is -0.456 e. The van der Waals surface area contributed by atoms with Gasteiger partial charge in [0.15, 0.2) is 17.5 Å². The maximum absolute atomic E-state index is 9.09.